The summed E-state index contributed by atoms with van der Waals surface area (Å²) < 4.78 is 9.40. The molecule has 0 aliphatic carbocycles. The highest BCUT2D eigenvalue weighted by Gasteiger charge is 2.39. The van der Waals surface area contributed by atoms with Crippen molar-refractivity contribution >= 4 is 11.9 Å². The number of carbonyl (C=O) groups excluding carboxylic acids is 2. The molecule has 0 unspecified atom stereocenters. The van der Waals surface area contributed by atoms with E-state index in [0.717, 1.165) is 11.1 Å². The van der Waals surface area contributed by atoms with Crippen molar-refractivity contribution in [2.24, 2.45) is 0 Å². The Morgan fingerprint density at radius 2 is 1.41 bits per heavy atom. The van der Waals surface area contributed by atoms with Crippen molar-refractivity contribution in [3.05, 3.63) is 35.4 Å². The quantitative estimate of drug-likeness (QED) is 0.765. The van der Waals surface area contributed by atoms with Crippen LogP contribution in [0.3, 0.4) is 0 Å². The average molecular weight is 235 g/mol. The largest absolute Gasteiger partial charge is 0.468 e. The van der Waals surface area contributed by atoms with Crippen molar-refractivity contribution in [3.8, 4) is 0 Å². The van der Waals surface area contributed by atoms with Crippen molar-refractivity contribution in [3.63, 3.8) is 0 Å². The van der Waals surface area contributed by atoms with E-state index in [0.29, 0.717) is 0 Å². The Hall–Kier alpha value is -1.88. The lowest BCUT2D eigenvalue weighted by Crippen LogP contribution is -2.30. The molecule has 0 aromatic heterocycles. The third-order valence-electron chi connectivity index (χ3n) is 2.83. The van der Waals surface area contributed by atoms with Gasteiger partial charge in [-0.3, -0.25) is 5.32 Å². The van der Waals surface area contributed by atoms with E-state index in [-0.39, 0.29) is 0 Å². The average Bonchev–Trinajstić information content (AvgIpc) is 2.76. The first-order valence-corrected chi connectivity index (χ1v) is 5.19. The fourth-order valence-corrected chi connectivity index (χ4v) is 2.01. The molecule has 17 heavy (non-hydrogen) atoms. The summed E-state index contributed by atoms with van der Waals surface area (Å²) in [5.41, 5.74) is 1.52. The molecule has 5 heteroatoms. The molecular weight excluding hydrogens is 222 g/mol. The van der Waals surface area contributed by atoms with Gasteiger partial charge in [-0.1, -0.05) is 24.3 Å². The molecule has 0 amide bonds. The maximum atomic E-state index is 11.6. The number of fused-ring (bicyclic) bond motifs is 1. The number of ether oxygens (including phenoxy) is 2. The minimum absolute atomic E-state index is 0.413. The van der Waals surface area contributed by atoms with E-state index in [4.69, 9.17) is 9.47 Å². The summed E-state index contributed by atoms with van der Waals surface area (Å²) >= 11 is 0. The summed E-state index contributed by atoms with van der Waals surface area (Å²) in [4.78, 5) is 23.2. The van der Waals surface area contributed by atoms with Gasteiger partial charge in [0.2, 0.25) is 0 Å². The van der Waals surface area contributed by atoms with E-state index >= 15 is 0 Å². The predicted octanol–water partition coefficient (Wildman–Crippen LogP) is 0.718. The zero-order valence-corrected chi connectivity index (χ0v) is 9.60. The van der Waals surface area contributed by atoms with Gasteiger partial charge >= 0.3 is 11.9 Å². The van der Waals surface area contributed by atoms with Crippen LogP contribution in [0.2, 0.25) is 0 Å². The fraction of sp³-hybridized carbons (Fsp3) is 0.333. The summed E-state index contributed by atoms with van der Waals surface area (Å²) in [6.07, 6.45) is 0. The SMILES string of the molecule is COC(=O)[C@@H]1N[C@@H](C(=O)OC)c2ccccc21. The van der Waals surface area contributed by atoms with Crippen LogP contribution in [0.4, 0.5) is 0 Å². The lowest BCUT2D eigenvalue weighted by molar-refractivity contribution is -0.145. The first-order valence-electron chi connectivity index (χ1n) is 5.19. The first-order chi connectivity index (χ1) is 8.19. The third-order valence-corrected chi connectivity index (χ3v) is 2.83. The Bertz CT molecular complexity index is 417. The Morgan fingerprint density at radius 3 is 1.76 bits per heavy atom. The number of methoxy groups -OCH3 is 2. The van der Waals surface area contributed by atoms with E-state index in [9.17, 15) is 9.59 Å². The molecule has 0 radical (unpaired) electrons. The number of rotatable bonds is 2. The Morgan fingerprint density at radius 1 is 1.00 bits per heavy atom. The molecule has 1 aliphatic heterocycles. The van der Waals surface area contributed by atoms with Crippen molar-refractivity contribution in [1.29, 1.82) is 0 Å². The second-order valence-electron chi connectivity index (χ2n) is 3.71. The Labute approximate surface area is 98.7 Å². The summed E-state index contributed by atoms with van der Waals surface area (Å²) in [5.74, 6) is -0.826. The molecule has 0 saturated heterocycles. The lowest BCUT2D eigenvalue weighted by atomic mass is 10.0. The van der Waals surface area contributed by atoms with Gasteiger partial charge in [0.1, 0.15) is 12.1 Å². The van der Waals surface area contributed by atoms with E-state index in [1.165, 1.54) is 14.2 Å². The number of esters is 2. The van der Waals surface area contributed by atoms with Gasteiger partial charge in [0.05, 0.1) is 14.2 Å². The first kappa shape index (κ1) is 11.6. The van der Waals surface area contributed by atoms with Gasteiger partial charge < -0.3 is 9.47 Å². The lowest BCUT2D eigenvalue weighted by Gasteiger charge is -2.11. The smallest absolute Gasteiger partial charge is 0.327 e. The normalized spacial score (nSPS) is 21.8. The minimum Gasteiger partial charge on any atom is -0.468 e. The summed E-state index contributed by atoms with van der Waals surface area (Å²) in [6.45, 7) is 0. The van der Waals surface area contributed by atoms with Crippen LogP contribution in [-0.2, 0) is 19.1 Å². The van der Waals surface area contributed by atoms with Crippen LogP contribution in [0, 0.1) is 0 Å². The highest BCUT2D eigenvalue weighted by molar-refractivity contribution is 5.85. The summed E-state index contributed by atoms with van der Waals surface area (Å²) in [7, 11) is 2.64. The minimum atomic E-state index is -0.611. The molecule has 0 fully saturated rings. The van der Waals surface area contributed by atoms with Gasteiger partial charge in [-0.05, 0) is 11.1 Å². The molecule has 1 aromatic carbocycles. The Kier molecular flexibility index (Phi) is 3.10. The molecule has 0 saturated carbocycles. The number of carbonyl (C=O) groups is 2. The molecule has 1 aromatic rings. The van der Waals surface area contributed by atoms with Crippen LogP contribution in [0.1, 0.15) is 23.2 Å². The molecule has 1 N–H and O–H groups in total. The predicted molar refractivity (Wildman–Crippen MR) is 59.1 cm³/mol. The molecule has 90 valence electrons. The number of benzene rings is 1. The van der Waals surface area contributed by atoms with E-state index in [1.807, 2.05) is 12.1 Å². The van der Waals surface area contributed by atoms with Crippen LogP contribution in [0.5, 0.6) is 0 Å². The van der Waals surface area contributed by atoms with Gasteiger partial charge in [-0.25, -0.2) is 9.59 Å². The molecule has 5 nitrogen and oxygen atoms in total. The van der Waals surface area contributed by atoms with Crippen molar-refractivity contribution in [2.75, 3.05) is 14.2 Å². The van der Waals surface area contributed by atoms with Gasteiger partial charge in [0.25, 0.3) is 0 Å². The third kappa shape index (κ3) is 1.89. The van der Waals surface area contributed by atoms with Crippen molar-refractivity contribution in [1.82, 2.24) is 5.32 Å². The zero-order valence-electron chi connectivity index (χ0n) is 9.60. The van der Waals surface area contributed by atoms with E-state index < -0.39 is 24.0 Å². The Balaban J connectivity index is 2.39. The number of hydrogen-bond donors (Lipinski definition) is 1. The van der Waals surface area contributed by atoms with E-state index in [1.54, 1.807) is 12.1 Å². The van der Waals surface area contributed by atoms with E-state index in [2.05, 4.69) is 5.32 Å². The maximum Gasteiger partial charge on any atom is 0.327 e. The highest BCUT2D eigenvalue weighted by Crippen LogP contribution is 2.34. The fourth-order valence-electron chi connectivity index (χ4n) is 2.01. The summed E-state index contributed by atoms with van der Waals surface area (Å²) in [6, 6.07) is 6.01. The molecular formula is C12H13NO4. The van der Waals surface area contributed by atoms with Crippen LogP contribution in [-0.4, -0.2) is 26.2 Å². The monoisotopic (exact) mass is 235 g/mol. The van der Waals surface area contributed by atoms with Gasteiger partial charge in [-0.15, -0.1) is 0 Å². The highest BCUT2D eigenvalue weighted by atomic mass is 16.5. The van der Waals surface area contributed by atoms with Gasteiger partial charge in [0, 0.05) is 0 Å². The van der Waals surface area contributed by atoms with Gasteiger partial charge in [0.15, 0.2) is 0 Å². The van der Waals surface area contributed by atoms with Crippen LogP contribution < -0.4 is 5.32 Å². The molecule has 1 aliphatic rings. The van der Waals surface area contributed by atoms with Crippen LogP contribution in [0.25, 0.3) is 0 Å². The standard InChI is InChI=1S/C12H13NO4/c1-16-11(14)9-7-5-3-4-6-8(7)10(13-9)12(15)17-2/h3-6,9-10,13H,1-2H3/t9-,10-/m1/s1. The molecule has 1 heterocycles. The second kappa shape index (κ2) is 4.55. The van der Waals surface area contributed by atoms with Crippen molar-refractivity contribution in [2.45, 2.75) is 12.1 Å². The van der Waals surface area contributed by atoms with Crippen LogP contribution >= 0.6 is 0 Å². The number of nitrogens with one attached hydrogen (secondary N) is 1. The maximum absolute atomic E-state index is 11.6. The summed E-state index contributed by atoms with van der Waals surface area (Å²) in [5, 5.41) is 2.91. The second-order valence-corrected chi connectivity index (χ2v) is 3.71. The van der Waals surface area contributed by atoms with Gasteiger partial charge in [-0.2, -0.15) is 0 Å². The zero-order chi connectivity index (χ0) is 12.4. The molecule has 2 rings (SSSR count). The number of hydrogen-bond acceptors (Lipinski definition) is 5. The molecule has 0 spiro atoms. The molecule has 0 bridgehead atoms. The topological polar surface area (TPSA) is 64.6 Å². The van der Waals surface area contributed by atoms with Crippen LogP contribution in [0.15, 0.2) is 24.3 Å². The van der Waals surface area contributed by atoms with Crippen molar-refractivity contribution < 1.29 is 19.1 Å². The molecule has 2 atom stereocenters.